The number of pyridine rings is 1. The van der Waals surface area contributed by atoms with Crippen molar-refractivity contribution in [1.29, 1.82) is 0 Å². The molecule has 1 aromatic heterocycles. The second-order valence-corrected chi connectivity index (χ2v) is 9.74. The predicted octanol–water partition coefficient (Wildman–Crippen LogP) is 0.861. The van der Waals surface area contributed by atoms with Crippen molar-refractivity contribution in [1.82, 2.24) is 9.88 Å². The Balaban J connectivity index is 1.64. The number of amides is 1. The fourth-order valence-corrected chi connectivity index (χ4v) is 4.14. The summed E-state index contributed by atoms with van der Waals surface area (Å²) in [5.41, 5.74) is 2.20. The van der Waals surface area contributed by atoms with Crippen LogP contribution >= 0.6 is 0 Å². The van der Waals surface area contributed by atoms with Gasteiger partial charge in [-0.3, -0.25) is 9.78 Å². The molecule has 0 bridgehead atoms. The van der Waals surface area contributed by atoms with E-state index in [0.717, 1.165) is 11.3 Å². The maximum Gasteiger partial charge on any atom is 0.494 e. The SMILES string of the molecule is BC1(B)c2ncccc2C(=O)N1Cc1c(C)cc(B2OC(C)(C)C(C)(C)O2)cc1F. The highest BCUT2D eigenvalue weighted by atomic mass is 19.1. The van der Waals surface area contributed by atoms with E-state index in [4.69, 9.17) is 9.31 Å². The summed E-state index contributed by atoms with van der Waals surface area (Å²) in [6.07, 6.45) is 1.68. The van der Waals surface area contributed by atoms with Crippen molar-refractivity contribution in [2.24, 2.45) is 0 Å². The number of hydrogen-bond acceptors (Lipinski definition) is 4. The minimum absolute atomic E-state index is 0.128. The zero-order valence-corrected chi connectivity index (χ0v) is 18.7. The number of aryl methyl sites for hydroxylation is 1. The number of aromatic nitrogens is 1. The number of fused-ring (bicyclic) bond motifs is 1. The summed E-state index contributed by atoms with van der Waals surface area (Å²) in [4.78, 5) is 19.1. The van der Waals surface area contributed by atoms with Crippen molar-refractivity contribution in [2.75, 3.05) is 0 Å². The molecule has 0 N–H and O–H groups in total. The molecule has 1 fully saturated rings. The molecule has 1 aromatic carbocycles. The van der Waals surface area contributed by atoms with Gasteiger partial charge in [-0.15, -0.1) is 0 Å². The van der Waals surface area contributed by atoms with Gasteiger partial charge >= 0.3 is 7.12 Å². The maximum absolute atomic E-state index is 15.2. The van der Waals surface area contributed by atoms with Crippen LogP contribution in [0.4, 0.5) is 4.39 Å². The van der Waals surface area contributed by atoms with Gasteiger partial charge in [0.15, 0.2) is 0 Å². The molecular formula is C21H26B3FN2O3. The predicted molar refractivity (Wildman–Crippen MR) is 120 cm³/mol. The van der Waals surface area contributed by atoms with Gasteiger partial charge < -0.3 is 14.2 Å². The number of carbonyl (C=O) groups is 1. The van der Waals surface area contributed by atoms with Crippen LogP contribution in [0.15, 0.2) is 30.5 Å². The largest absolute Gasteiger partial charge is 0.494 e. The highest BCUT2D eigenvalue weighted by Crippen LogP contribution is 2.37. The van der Waals surface area contributed by atoms with Crippen LogP contribution in [0.2, 0.25) is 0 Å². The molecule has 2 aliphatic rings. The third kappa shape index (κ3) is 3.10. The van der Waals surface area contributed by atoms with E-state index in [1.807, 2.05) is 56.4 Å². The van der Waals surface area contributed by atoms with E-state index in [1.165, 1.54) is 6.07 Å². The van der Waals surface area contributed by atoms with Crippen LogP contribution in [-0.2, 0) is 21.2 Å². The summed E-state index contributed by atoms with van der Waals surface area (Å²) in [5, 5.41) is -0.614. The van der Waals surface area contributed by atoms with Gasteiger partial charge in [0.1, 0.15) is 21.5 Å². The molecule has 2 aromatic rings. The minimum Gasteiger partial charge on any atom is -0.399 e. The smallest absolute Gasteiger partial charge is 0.399 e. The lowest BCUT2D eigenvalue weighted by Gasteiger charge is -2.33. The first-order chi connectivity index (χ1) is 13.8. The van der Waals surface area contributed by atoms with Crippen LogP contribution in [0.1, 0.15) is 54.9 Å². The first-order valence-corrected chi connectivity index (χ1v) is 10.3. The number of benzene rings is 1. The van der Waals surface area contributed by atoms with Gasteiger partial charge in [0.25, 0.3) is 5.91 Å². The van der Waals surface area contributed by atoms with Gasteiger partial charge in [-0.25, -0.2) is 4.39 Å². The van der Waals surface area contributed by atoms with E-state index >= 15 is 4.39 Å². The highest BCUT2D eigenvalue weighted by molar-refractivity contribution is 6.62. The maximum atomic E-state index is 15.2. The van der Waals surface area contributed by atoms with Gasteiger partial charge in [0.05, 0.1) is 22.5 Å². The third-order valence-corrected chi connectivity index (χ3v) is 6.82. The van der Waals surface area contributed by atoms with Gasteiger partial charge in [-0.1, -0.05) is 6.07 Å². The Morgan fingerprint density at radius 1 is 1.17 bits per heavy atom. The lowest BCUT2D eigenvalue weighted by molar-refractivity contribution is 0.00578. The van der Waals surface area contributed by atoms with Gasteiger partial charge in [0.2, 0.25) is 0 Å². The Kier molecular flexibility index (Phi) is 4.71. The summed E-state index contributed by atoms with van der Waals surface area (Å²) < 4.78 is 27.4. The standard InChI is InChI=1S/C21H26B3FN2O3/c1-12-9-13(24-29-19(2,3)20(4,5)30-24)10-16(25)15(12)11-27-18(28)14-7-6-8-26-17(14)21(27,22)23/h6-10H,11,22-23H2,1-5H3. The molecule has 9 heteroatoms. The van der Waals surface area contributed by atoms with Crippen molar-refractivity contribution in [3.05, 3.63) is 58.7 Å². The lowest BCUT2D eigenvalue weighted by atomic mass is 9.59. The summed E-state index contributed by atoms with van der Waals surface area (Å²) in [7, 11) is 3.25. The molecule has 0 radical (unpaired) electrons. The number of hydrogen-bond donors (Lipinski definition) is 0. The first-order valence-electron chi connectivity index (χ1n) is 10.3. The molecule has 3 heterocycles. The summed E-state index contributed by atoms with van der Waals surface area (Å²) in [6.45, 7) is 9.90. The first kappa shape index (κ1) is 21.1. The number of carbonyl (C=O) groups excluding carboxylic acids is 1. The van der Waals surface area contributed by atoms with Crippen LogP contribution in [-0.4, -0.2) is 49.8 Å². The van der Waals surface area contributed by atoms with E-state index in [1.54, 1.807) is 23.2 Å². The number of rotatable bonds is 3. The fraction of sp³-hybridized carbons (Fsp3) is 0.429. The molecule has 0 atom stereocenters. The van der Waals surface area contributed by atoms with E-state index < -0.39 is 23.7 Å². The normalized spacial score (nSPS) is 21.2. The molecule has 154 valence electrons. The van der Waals surface area contributed by atoms with Crippen LogP contribution in [0, 0.1) is 12.7 Å². The van der Waals surface area contributed by atoms with E-state index in [0.29, 0.717) is 16.6 Å². The van der Waals surface area contributed by atoms with Gasteiger partial charge in [-0.2, -0.15) is 0 Å². The molecule has 1 amide bonds. The molecule has 0 spiro atoms. The van der Waals surface area contributed by atoms with Crippen molar-refractivity contribution < 1.29 is 18.5 Å². The molecule has 2 aliphatic heterocycles. The van der Waals surface area contributed by atoms with Gasteiger partial charge in [0, 0.05) is 23.6 Å². The average Bonchev–Trinajstić information content (AvgIpc) is 2.98. The second-order valence-electron chi connectivity index (χ2n) is 9.74. The van der Waals surface area contributed by atoms with Crippen molar-refractivity contribution in [3.8, 4) is 0 Å². The van der Waals surface area contributed by atoms with Crippen molar-refractivity contribution in [2.45, 2.75) is 57.7 Å². The summed E-state index contributed by atoms with van der Waals surface area (Å²) in [5.74, 6) is -0.496. The molecule has 0 unspecified atom stereocenters. The number of halogens is 1. The lowest BCUT2D eigenvalue weighted by Crippen LogP contribution is -2.45. The third-order valence-electron chi connectivity index (χ3n) is 6.82. The van der Waals surface area contributed by atoms with Crippen LogP contribution < -0.4 is 5.46 Å². The quantitative estimate of drug-likeness (QED) is 0.711. The van der Waals surface area contributed by atoms with Crippen LogP contribution in [0.3, 0.4) is 0 Å². The van der Waals surface area contributed by atoms with Crippen molar-refractivity contribution >= 4 is 34.2 Å². The number of nitrogens with zero attached hydrogens (tertiary/aromatic N) is 2. The highest BCUT2D eigenvalue weighted by Gasteiger charge is 2.52. The molecule has 30 heavy (non-hydrogen) atoms. The summed E-state index contributed by atoms with van der Waals surface area (Å²) in [6, 6.07) is 6.88. The Labute approximate surface area is 179 Å². The van der Waals surface area contributed by atoms with E-state index in [-0.39, 0.29) is 18.3 Å². The Hall–Kier alpha value is -2.12. The second kappa shape index (κ2) is 6.69. The molecule has 0 saturated carbocycles. The Bertz CT molecular complexity index is 1000. The molecular weight excluding hydrogens is 380 g/mol. The zero-order valence-electron chi connectivity index (χ0n) is 18.7. The summed E-state index contributed by atoms with van der Waals surface area (Å²) >= 11 is 0. The Morgan fingerprint density at radius 2 is 1.80 bits per heavy atom. The molecule has 0 aliphatic carbocycles. The monoisotopic (exact) mass is 406 g/mol. The fourth-order valence-electron chi connectivity index (χ4n) is 4.14. The van der Waals surface area contributed by atoms with E-state index in [9.17, 15) is 4.79 Å². The average molecular weight is 406 g/mol. The zero-order chi connectivity index (χ0) is 22.1. The van der Waals surface area contributed by atoms with E-state index in [2.05, 4.69) is 4.98 Å². The molecule has 5 nitrogen and oxygen atoms in total. The van der Waals surface area contributed by atoms with Gasteiger partial charge in [-0.05, 0) is 63.8 Å². The molecule has 1 saturated heterocycles. The Morgan fingerprint density at radius 3 is 2.37 bits per heavy atom. The molecule has 4 rings (SSSR count). The van der Waals surface area contributed by atoms with Crippen LogP contribution in [0.5, 0.6) is 0 Å². The van der Waals surface area contributed by atoms with Crippen molar-refractivity contribution in [3.63, 3.8) is 0 Å². The topological polar surface area (TPSA) is 51.7 Å². The minimum atomic E-state index is -0.629. The van der Waals surface area contributed by atoms with Crippen LogP contribution in [0.25, 0.3) is 0 Å².